The van der Waals surface area contributed by atoms with E-state index in [0.29, 0.717) is 16.4 Å². The van der Waals surface area contributed by atoms with Crippen molar-refractivity contribution in [3.05, 3.63) is 54.4 Å². The molecule has 9 nitrogen and oxygen atoms in total. The number of carbonyl (C=O) groups is 1. The first-order chi connectivity index (χ1) is 18.2. The van der Waals surface area contributed by atoms with E-state index in [4.69, 9.17) is 14.2 Å². The van der Waals surface area contributed by atoms with Crippen LogP contribution in [-0.4, -0.2) is 48.8 Å². The summed E-state index contributed by atoms with van der Waals surface area (Å²) in [6, 6.07) is 11.0. The second-order valence-corrected chi connectivity index (χ2v) is 11.7. The number of aromatic nitrogens is 3. The van der Waals surface area contributed by atoms with Crippen LogP contribution < -0.4 is 9.47 Å². The van der Waals surface area contributed by atoms with E-state index in [-0.39, 0.29) is 34.5 Å². The lowest BCUT2D eigenvalue weighted by atomic mass is 9.98. The molecule has 0 saturated carbocycles. The standard InChI is InChI=1S/C26H26F3N3O6S/c1-25(2,3)23(33)38-15-32-20-8-6-5-7-18(20)31-24(32)39(34,35)13-19-17-12-22(37-14-26(27,28)29)21(36-4)11-16(17)9-10-30-19/h5-12H,13-15H2,1-4H3. The van der Waals surface area contributed by atoms with Crippen LogP contribution in [-0.2, 0) is 31.9 Å². The van der Waals surface area contributed by atoms with E-state index in [1.807, 2.05) is 0 Å². The third kappa shape index (κ3) is 6.24. The number of alkyl halides is 3. The lowest BCUT2D eigenvalue weighted by Gasteiger charge is -2.18. The number of ether oxygens (including phenoxy) is 3. The quantitative estimate of drug-likeness (QED) is 0.273. The number of esters is 1. The highest BCUT2D eigenvalue weighted by Gasteiger charge is 2.30. The Bertz CT molecular complexity index is 1640. The molecular formula is C26H26F3N3O6S. The highest BCUT2D eigenvalue weighted by molar-refractivity contribution is 7.90. The van der Waals surface area contributed by atoms with E-state index in [9.17, 15) is 26.4 Å². The maximum atomic E-state index is 13.7. The second-order valence-electron chi connectivity index (χ2n) is 9.77. The summed E-state index contributed by atoms with van der Waals surface area (Å²) in [4.78, 5) is 20.9. The fourth-order valence-electron chi connectivity index (χ4n) is 3.79. The lowest BCUT2D eigenvalue weighted by Crippen LogP contribution is -2.25. The van der Waals surface area contributed by atoms with Crippen LogP contribution >= 0.6 is 0 Å². The zero-order chi connectivity index (χ0) is 28.6. The van der Waals surface area contributed by atoms with Gasteiger partial charge in [0.15, 0.2) is 24.8 Å². The zero-order valence-corrected chi connectivity index (χ0v) is 22.4. The largest absolute Gasteiger partial charge is 0.493 e. The van der Waals surface area contributed by atoms with E-state index in [2.05, 4.69) is 9.97 Å². The van der Waals surface area contributed by atoms with Crippen molar-refractivity contribution in [2.75, 3.05) is 13.7 Å². The molecule has 0 aliphatic rings. The Labute approximate surface area is 222 Å². The van der Waals surface area contributed by atoms with E-state index in [1.54, 1.807) is 51.1 Å². The van der Waals surface area contributed by atoms with Crippen LogP contribution in [0.5, 0.6) is 11.5 Å². The summed E-state index contributed by atoms with van der Waals surface area (Å²) >= 11 is 0. The van der Waals surface area contributed by atoms with Crippen molar-refractivity contribution in [3.63, 3.8) is 0 Å². The molecule has 0 radical (unpaired) electrons. The van der Waals surface area contributed by atoms with Crippen molar-refractivity contribution in [1.82, 2.24) is 14.5 Å². The summed E-state index contributed by atoms with van der Waals surface area (Å²) in [5.41, 5.74) is 0.0739. The van der Waals surface area contributed by atoms with Gasteiger partial charge in [0.25, 0.3) is 0 Å². The van der Waals surface area contributed by atoms with E-state index < -0.39 is 39.8 Å². The number of pyridine rings is 1. The molecule has 2 heterocycles. The molecule has 0 amide bonds. The van der Waals surface area contributed by atoms with Crippen molar-refractivity contribution in [2.24, 2.45) is 5.41 Å². The van der Waals surface area contributed by atoms with Crippen LogP contribution in [0.25, 0.3) is 21.8 Å². The number of halogens is 3. The van der Waals surface area contributed by atoms with Gasteiger partial charge < -0.3 is 14.2 Å². The average molecular weight is 566 g/mol. The SMILES string of the molecule is COc1cc2ccnc(CS(=O)(=O)c3nc4ccccc4n3COC(=O)C(C)(C)C)c2cc1OCC(F)(F)F. The molecule has 2 aromatic heterocycles. The Kier molecular flexibility index (Phi) is 7.48. The molecule has 0 bridgehead atoms. The highest BCUT2D eigenvalue weighted by Crippen LogP contribution is 2.35. The van der Waals surface area contributed by atoms with Gasteiger partial charge in [-0.15, -0.1) is 0 Å². The number of para-hydroxylation sites is 2. The minimum absolute atomic E-state index is 0.0502. The number of hydrogen-bond donors (Lipinski definition) is 0. The van der Waals surface area contributed by atoms with Crippen LogP contribution in [0.15, 0.2) is 53.8 Å². The van der Waals surface area contributed by atoms with Gasteiger partial charge in [0.05, 0.1) is 29.3 Å². The summed E-state index contributed by atoms with van der Waals surface area (Å²) in [5.74, 6) is -1.32. The normalized spacial score (nSPS) is 12.6. The molecule has 0 saturated heterocycles. The number of benzene rings is 2. The molecule has 0 N–H and O–H groups in total. The van der Waals surface area contributed by atoms with Gasteiger partial charge in [0.2, 0.25) is 15.0 Å². The minimum atomic E-state index is -4.59. The molecular weight excluding hydrogens is 539 g/mol. The molecule has 39 heavy (non-hydrogen) atoms. The Balaban J connectivity index is 1.75. The van der Waals surface area contributed by atoms with Crippen LogP contribution in [0.3, 0.4) is 0 Å². The van der Waals surface area contributed by atoms with Gasteiger partial charge >= 0.3 is 12.1 Å². The predicted molar refractivity (Wildman–Crippen MR) is 136 cm³/mol. The van der Waals surface area contributed by atoms with E-state index in [0.717, 1.165) is 0 Å². The van der Waals surface area contributed by atoms with Gasteiger partial charge in [-0.2, -0.15) is 13.2 Å². The molecule has 13 heteroatoms. The minimum Gasteiger partial charge on any atom is -0.493 e. The molecule has 4 aromatic rings. The molecule has 4 rings (SSSR count). The Morgan fingerprint density at radius 2 is 1.77 bits per heavy atom. The van der Waals surface area contributed by atoms with Crippen LogP contribution in [0.1, 0.15) is 26.5 Å². The summed E-state index contributed by atoms with van der Waals surface area (Å²) < 4.78 is 82.5. The second kappa shape index (κ2) is 10.4. The Hall–Kier alpha value is -3.87. The van der Waals surface area contributed by atoms with Crippen molar-refractivity contribution in [2.45, 2.75) is 44.6 Å². The first-order valence-electron chi connectivity index (χ1n) is 11.7. The third-order valence-corrected chi connectivity index (χ3v) is 7.21. The summed E-state index contributed by atoms with van der Waals surface area (Å²) in [6.07, 6.45) is -3.20. The molecule has 0 unspecified atom stereocenters. The van der Waals surface area contributed by atoms with Crippen LogP contribution in [0.4, 0.5) is 13.2 Å². The predicted octanol–water partition coefficient (Wildman–Crippen LogP) is 5.05. The summed E-state index contributed by atoms with van der Waals surface area (Å²) in [7, 11) is -2.92. The number of methoxy groups -OCH3 is 1. The fourth-order valence-corrected chi connectivity index (χ4v) is 5.23. The lowest BCUT2D eigenvalue weighted by molar-refractivity contribution is -0.157. The smallest absolute Gasteiger partial charge is 0.422 e. The van der Waals surface area contributed by atoms with Gasteiger partial charge in [-0.25, -0.2) is 13.4 Å². The van der Waals surface area contributed by atoms with Gasteiger partial charge in [-0.05, 0) is 56.5 Å². The van der Waals surface area contributed by atoms with Crippen LogP contribution in [0.2, 0.25) is 0 Å². The summed E-state index contributed by atoms with van der Waals surface area (Å²) in [6.45, 7) is 3.08. The van der Waals surface area contributed by atoms with Gasteiger partial charge in [-0.3, -0.25) is 14.3 Å². The number of carbonyl (C=O) groups excluding carboxylic acids is 1. The number of sulfone groups is 1. The molecule has 0 spiro atoms. The molecule has 2 aromatic carbocycles. The highest BCUT2D eigenvalue weighted by atomic mass is 32.2. The number of rotatable bonds is 8. The topological polar surface area (TPSA) is 110 Å². The van der Waals surface area contributed by atoms with Gasteiger partial charge in [0, 0.05) is 11.6 Å². The molecule has 208 valence electrons. The monoisotopic (exact) mass is 565 g/mol. The maximum absolute atomic E-state index is 13.7. The van der Waals surface area contributed by atoms with Crippen molar-refractivity contribution in [3.8, 4) is 11.5 Å². The van der Waals surface area contributed by atoms with E-state index >= 15 is 0 Å². The molecule has 0 atom stereocenters. The van der Waals surface area contributed by atoms with Crippen LogP contribution in [0, 0.1) is 5.41 Å². The number of imidazole rings is 1. The molecule has 0 aliphatic heterocycles. The Morgan fingerprint density at radius 3 is 2.44 bits per heavy atom. The van der Waals surface area contributed by atoms with Gasteiger partial charge in [0.1, 0.15) is 5.75 Å². The average Bonchev–Trinajstić information content (AvgIpc) is 3.24. The Morgan fingerprint density at radius 1 is 1.05 bits per heavy atom. The first kappa shape index (κ1) is 28.1. The molecule has 0 fully saturated rings. The summed E-state index contributed by atoms with van der Waals surface area (Å²) in [5, 5.41) is 0.408. The third-order valence-electron chi connectivity index (χ3n) is 5.68. The number of fused-ring (bicyclic) bond motifs is 2. The van der Waals surface area contributed by atoms with Crippen molar-refractivity contribution < 1.29 is 40.6 Å². The van der Waals surface area contributed by atoms with Gasteiger partial charge in [-0.1, -0.05) is 12.1 Å². The number of nitrogens with zero attached hydrogens (tertiary/aromatic N) is 3. The van der Waals surface area contributed by atoms with Crippen molar-refractivity contribution in [1.29, 1.82) is 0 Å². The maximum Gasteiger partial charge on any atom is 0.422 e. The first-order valence-corrected chi connectivity index (χ1v) is 13.4. The van der Waals surface area contributed by atoms with Crippen molar-refractivity contribution >= 4 is 37.6 Å². The fraction of sp³-hybridized carbons (Fsp3) is 0.346. The molecule has 0 aliphatic carbocycles. The zero-order valence-electron chi connectivity index (χ0n) is 21.6. The van der Waals surface area contributed by atoms with E-state index in [1.165, 1.54) is 30.0 Å². The number of hydrogen-bond acceptors (Lipinski definition) is 8.